The highest BCUT2D eigenvalue weighted by atomic mass is 16.4. The topological polar surface area (TPSA) is 55.1 Å². The van der Waals surface area contributed by atoms with Crippen molar-refractivity contribution in [3.05, 3.63) is 17.2 Å². The molecule has 0 bridgehead atoms. The van der Waals surface area contributed by atoms with Crippen LogP contribution < -0.4 is 0 Å². The maximum atomic E-state index is 11.1. The number of hydrogen-bond acceptors (Lipinski definition) is 2. The van der Waals surface area contributed by atoms with Gasteiger partial charge >= 0.3 is 5.97 Å². The summed E-state index contributed by atoms with van der Waals surface area (Å²) in [5.41, 5.74) is 2.25. The molecule has 17 heavy (non-hydrogen) atoms. The van der Waals surface area contributed by atoms with Crippen molar-refractivity contribution in [3.63, 3.8) is 0 Å². The summed E-state index contributed by atoms with van der Waals surface area (Å²) < 4.78 is 2.19. The van der Waals surface area contributed by atoms with Crippen molar-refractivity contribution in [2.24, 2.45) is 11.8 Å². The maximum absolute atomic E-state index is 11.1. The number of aromatic nitrogens is 2. The van der Waals surface area contributed by atoms with Crippen LogP contribution in [0.3, 0.4) is 0 Å². The fourth-order valence-corrected chi connectivity index (χ4v) is 2.58. The maximum Gasteiger partial charge on any atom is 0.306 e. The van der Waals surface area contributed by atoms with E-state index in [0.717, 1.165) is 36.6 Å². The summed E-state index contributed by atoms with van der Waals surface area (Å²) in [6.07, 6.45) is 2.30. The second-order valence-corrected chi connectivity index (χ2v) is 5.33. The molecule has 0 spiro atoms. The van der Waals surface area contributed by atoms with Crippen LogP contribution in [0.5, 0.6) is 0 Å². The highest BCUT2D eigenvalue weighted by molar-refractivity contribution is 5.70. The quantitative estimate of drug-likeness (QED) is 0.873. The molecule has 1 aliphatic rings. The zero-order chi connectivity index (χ0) is 12.6. The molecule has 1 atom stereocenters. The molecule has 0 aliphatic carbocycles. The molecule has 94 valence electrons. The highest BCUT2D eigenvalue weighted by Crippen LogP contribution is 2.26. The van der Waals surface area contributed by atoms with Crippen LogP contribution in [0, 0.1) is 18.8 Å². The van der Waals surface area contributed by atoms with Crippen molar-refractivity contribution in [3.8, 4) is 0 Å². The Labute approximate surface area is 102 Å². The number of aryl methyl sites for hydroxylation is 1. The molecule has 1 unspecified atom stereocenters. The van der Waals surface area contributed by atoms with Gasteiger partial charge in [-0.2, -0.15) is 0 Å². The summed E-state index contributed by atoms with van der Waals surface area (Å²) in [5.74, 6) is 0.675. The molecule has 4 heteroatoms. The number of hydrogen-bond donors (Lipinski definition) is 1. The number of nitrogens with zero attached hydrogens (tertiary/aromatic N) is 2. The van der Waals surface area contributed by atoms with Crippen LogP contribution in [-0.2, 0) is 24.2 Å². The van der Waals surface area contributed by atoms with Gasteiger partial charge in [-0.15, -0.1) is 0 Å². The third-order valence-electron chi connectivity index (χ3n) is 3.44. The lowest BCUT2D eigenvalue weighted by Crippen LogP contribution is -2.26. The number of carbonyl (C=O) groups is 1. The van der Waals surface area contributed by atoms with Crippen LogP contribution >= 0.6 is 0 Å². The van der Waals surface area contributed by atoms with Gasteiger partial charge in [0.15, 0.2) is 0 Å². The largest absolute Gasteiger partial charge is 0.481 e. The van der Waals surface area contributed by atoms with E-state index in [1.54, 1.807) is 0 Å². The van der Waals surface area contributed by atoms with Crippen molar-refractivity contribution < 1.29 is 9.90 Å². The Morgan fingerprint density at radius 2 is 2.29 bits per heavy atom. The van der Waals surface area contributed by atoms with Gasteiger partial charge in [0.2, 0.25) is 0 Å². The first-order chi connectivity index (χ1) is 7.99. The Morgan fingerprint density at radius 1 is 1.59 bits per heavy atom. The third kappa shape index (κ3) is 2.35. The molecule has 0 saturated heterocycles. The molecule has 0 radical (unpaired) electrons. The molecule has 0 saturated carbocycles. The van der Waals surface area contributed by atoms with Crippen LogP contribution in [-0.4, -0.2) is 20.6 Å². The summed E-state index contributed by atoms with van der Waals surface area (Å²) >= 11 is 0. The van der Waals surface area contributed by atoms with E-state index in [0.29, 0.717) is 12.3 Å². The van der Waals surface area contributed by atoms with E-state index in [9.17, 15) is 4.79 Å². The molecule has 1 aromatic heterocycles. The van der Waals surface area contributed by atoms with Gasteiger partial charge in [0.1, 0.15) is 5.82 Å². The molecule has 2 rings (SSSR count). The van der Waals surface area contributed by atoms with Crippen molar-refractivity contribution in [1.29, 1.82) is 0 Å². The van der Waals surface area contributed by atoms with Crippen molar-refractivity contribution in [1.82, 2.24) is 9.55 Å². The van der Waals surface area contributed by atoms with Crippen molar-refractivity contribution >= 4 is 5.97 Å². The first-order valence-electron chi connectivity index (χ1n) is 6.26. The van der Waals surface area contributed by atoms with Gasteiger partial charge in [0, 0.05) is 18.7 Å². The molecule has 0 amide bonds. The zero-order valence-corrected chi connectivity index (χ0v) is 10.7. The van der Waals surface area contributed by atoms with Gasteiger partial charge < -0.3 is 9.67 Å². The van der Waals surface area contributed by atoms with Crippen LogP contribution in [0.25, 0.3) is 0 Å². The Hall–Kier alpha value is -1.32. The van der Waals surface area contributed by atoms with E-state index in [-0.39, 0.29) is 5.92 Å². The smallest absolute Gasteiger partial charge is 0.306 e. The summed E-state index contributed by atoms with van der Waals surface area (Å²) in [4.78, 5) is 15.7. The Kier molecular flexibility index (Phi) is 3.22. The van der Waals surface area contributed by atoms with Gasteiger partial charge in [0.05, 0.1) is 11.6 Å². The van der Waals surface area contributed by atoms with Gasteiger partial charge in [-0.1, -0.05) is 13.8 Å². The molecule has 1 aliphatic heterocycles. The first kappa shape index (κ1) is 12.1. The third-order valence-corrected chi connectivity index (χ3v) is 3.44. The number of imidazole rings is 1. The number of aliphatic carboxylic acids is 1. The minimum atomic E-state index is -0.675. The van der Waals surface area contributed by atoms with E-state index in [4.69, 9.17) is 5.11 Å². The van der Waals surface area contributed by atoms with Gasteiger partial charge in [-0.05, 0) is 25.7 Å². The lowest BCUT2D eigenvalue weighted by molar-refractivity contribution is -0.142. The van der Waals surface area contributed by atoms with Crippen LogP contribution in [0.4, 0.5) is 0 Å². The van der Waals surface area contributed by atoms with E-state index in [1.165, 1.54) is 0 Å². The summed E-state index contributed by atoms with van der Waals surface area (Å²) in [7, 11) is 0. The van der Waals surface area contributed by atoms with Gasteiger partial charge in [-0.25, -0.2) is 4.98 Å². The molecule has 2 heterocycles. The van der Waals surface area contributed by atoms with Crippen LogP contribution in [0.15, 0.2) is 0 Å². The van der Waals surface area contributed by atoms with Crippen molar-refractivity contribution in [2.75, 3.05) is 0 Å². The van der Waals surface area contributed by atoms with Gasteiger partial charge in [0.25, 0.3) is 0 Å². The van der Waals surface area contributed by atoms with Crippen LogP contribution in [0.1, 0.15) is 37.5 Å². The van der Waals surface area contributed by atoms with E-state index in [1.807, 2.05) is 6.92 Å². The molecular formula is C13H20N2O2. The number of carboxylic acids is 1. The Balaban J connectivity index is 2.30. The van der Waals surface area contributed by atoms with E-state index in [2.05, 4.69) is 23.4 Å². The minimum Gasteiger partial charge on any atom is -0.481 e. The lowest BCUT2D eigenvalue weighted by atomic mass is 9.93. The second kappa shape index (κ2) is 4.51. The summed E-state index contributed by atoms with van der Waals surface area (Å²) in [6.45, 7) is 7.13. The summed E-state index contributed by atoms with van der Waals surface area (Å²) in [5, 5.41) is 9.11. The summed E-state index contributed by atoms with van der Waals surface area (Å²) in [6, 6.07) is 0. The minimum absolute atomic E-state index is 0.232. The normalized spacial score (nSPS) is 19.4. The predicted octanol–water partition coefficient (Wildman–Crippen LogP) is 2.04. The standard InChI is InChI=1S/C13H20N2O2/c1-8(2)6-11-12-7-10(13(16)17)4-5-15(12)9(3)14-11/h8,10H,4-7H2,1-3H3,(H,16,17). The molecule has 1 aromatic rings. The number of fused-ring (bicyclic) bond motifs is 1. The average molecular weight is 236 g/mol. The van der Waals surface area contributed by atoms with Crippen molar-refractivity contribution in [2.45, 2.75) is 46.6 Å². The number of rotatable bonds is 3. The Bertz CT molecular complexity index is 435. The molecule has 1 N–H and O–H groups in total. The SMILES string of the molecule is Cc1nc(CC(C)C)c2n1CCC(C(=O)O)C2. The zero-order valence-electron chi connectivity index (χ0n) is 10.7. The fraction of sp³-hybridized carbons (Fsp3) is 0.692. The van der Waals surface area contributed by atoms with E-state index < -0.39 is 5.97 Å². The highest BCUT2D eigenvalue weighted by Gasteiger charge is 2.28. The van der Waals surface area contributed by atoms with E-state index >= 15 is 0 Å². The number of carboxylic acid groups (broad SMARTS) is 1. The molecule has 0 fully saturated rings. The molecule has 0 aromatic carbocycles. The lowest BCUT2D eigenvalue weighted by Gasteiger charge is -2.22. The predicted molar refractivity (Wildman–Crippen MR) is 65.0 cm³/mol. The van der Waals surface area contributed by atoms with Gasteiger partial charge in [-0.3, -0.25) is 4.79 Å². The second-order valence-electron chi connectivity index (χ2n) is 5.33. The fourth-order valence-electron chi connectivity index (χ4n) is 2.58. The molecular weight excluding hydrogens is 216 g/mol. The molecule has 4 nitrogen and oxygen atoms in total. The first-order valence-corrected chi connectivity index (χ1v) is 6.26. The Morgan fingerprint density at radius 3 is 2.88 bits per heavy atom. The monoisotopic (exact) mass is 236 g/mol. The van der Waals surface area contributed by atoms with Crippen LogP contribution in [0.2, 0.25) is 0 Å². The average Bonchev–Trinajstić information content (AvgIpc) is 2.54.